The minimum Gasteiger partial charge on any atom is -0.347 e. The normalized spacial score (nSPS) is 31.1. The number of hydrogen-bond donors (Lipinski definition) is 1. The van der Waals surface area contributed by atoms with Crippen molar-refractivity contribution in [3.63, 3.8) is 0 Å². The highest BCUT2D eigenvalue weighted by Crippen LogP contribution is 2.42. The Labute approximate surface area is 114 Å². The number of aromatic nitrogens is 1. The molecule has 100 valence electrons. The van der Waals surface area contributed by atoms with Crippen LogP contribution in [0, 0.1) is 5.41 Å². The van der Waals surface area contributed by atoms with Gasteiger partial charge in [-0.05, 0) is 48.5 Å². The van der Waals surface area contributed by atoms with Crippen molar-refractivity contribution in [2.75, 3.05) is 11.5 Å². The van der Waals surface area contributed by atoms with E-state index in [9.17, 15) is 0 Å². The van der Waals surface area contributed by atoms with Crippen molar-refractivity contribution in [1.29, 1.82) is 0 Å². The number of rotatable bonds is 1. The maximum Gasteiger partial charge on any atom is 0.0424 e. The van der Waals surface area contributed by atoms with Crippen LogP contribution in [-0.2, 0) is 6.42 Å². The van der Waals surface area contributed by atoms with Gasteiger partial charge >= 0.3 is 0 Å². The van der Waals surface area contributed by atoms with E-state index in [1.165, 1.54) is 42.0 Å². The van der Waals surface area contributed by atoms with E-state index in [2.05, 4.69) is 42.4 Å². The van der Waals surface area contributed by atoms with Gasteiger partial charge in [-0.3, -0.25) is 0 Å². The lowest BCUT2D eigenvalue weighted by Crippen LogP contribution is -2.31. The second-order valence-corrected chi connectivity index (χ2v) is 7.80. The van der Waals surface area contributed by atoms with Crippen molar-refractivity contribution >= 4 is 11.8 Å². The van der Waals surface area contributed by atoms with Gasteiger partial charge in [0.05, 0.1) is 0 Å². The monoisotopic (exact) mass is 264 g/mol. The summed E-state index contributed by atoms with van der Waals surface area (Å²) in [4.78, 5) is 0. The predicted molar refractivity (Wildman–Crippen MR) is 79.1 cm³/mol. The molecule has 2 aliphatic rings. The molecular formula is C15H24N2S. The number of fused-ring (bicyclic) bond motifs is 1. The third-order valence-corrected chi connectivity index (χ3v) is 5.61. The zero-order valence-electron chi connectivity index (χ0n) is 11.5. The molecule has 0 saturated carbocycles. The lowest BCUT2D eigenvalue weighted by atomic mass is 9.74. The lowest BCUT2D eigenvalue weighted by molar-refractivity contribution is 0.271. The number of hydrogen-bond acceptors (Lipinski definition) is 2. The molecule has 1 aromatic heterocycles. The van der Waals surface area contributed by atoms with Crippen LogP contribution >= 0.6 is 11.8 Å². The first-order chi connectivity index (χ1) is 8.57. The Morgan fingerprint density at radius 2 is 2.28 bits per heavy atom. The zero-order chi connectivity index (χ0) is 12.8. The number of nitrogens with two attached hydrogens (primary N) is 1. The number of thioether (sulfide) groups is 1. The molecule has 0 spiro atoms. The summed E-state index contributed by atoms with van der Waals surface area (Å²) in [6, 6.07) is 3.21. The molecule has 2 heterocycles. The Hall–Kier alpha value is -0.410. The van der Waals surface area contributed by atoms with Crippen molar-refractivity contribution in [2.24, 2.45) is 11.1 Å². The molecule has 1 aliphatic carbocycles. The molecule has 1 aliphatic heterocycles. The summed E-state index contributed by atoms with van der Waals surface area (Å²) in [5.41, 5.74) is 9.62. The van der Waals surface area contributed by atoms with Gasteiger partial charge in [0.2, 0.25) is 0 Å². The summed E-state index contributed by atoms with van der Waals surface area (Å²) in [7, 11) is 0. The van der Waals surface area contributed by atoms with E-state index in [0.717, 1.165) is 6.42 Å². The molecule has 3 rings (SSSR count). The van der Waals surface area contributed by atoms with Gasteiger partial charge in [0.1, 0.15) is 0 Å². The van der Waals surface area contributed by atoms with Gasteiger partial charge in [-0.15, -0.1) is 0 Å². The van der Waals surface area contributed by atoms with Crippen molar-refractivity contribution in [1.82, 2.24) is 4.57 Å². The molecule has 0 amide bonds. The van der Waals surface area contributed by atoms with Crippen molar-refractivity contribution in [3.8, 4) is 0 Å². The van der Waals surface area contributed by atoms with Crippen LogP contribution in [0.2, 0.25) is 0 Å². The van der Waals surface area contributed by atoms with Crippen LogP contribution in [0.3, 0.4) is 0 Å². The van der Waals surface area contributed by atoms with Crippen LogP contribution in [0.15, 0.2) is 12.3 Å². The third-order valence-electron chi connectivity index (χ3n) is 4.41. The quantitative estimate of drug-likeness (QED) is 0.841. The van der Waals surface area contributed by atoms with Crippen LogP contribution < -0.4 is 5.73 Å². The zero-order valence-corrected chi connectivity index (χ0v) is 12.3. The molecule has 1 saturated heterocycles. The Balaban J connectivity index is 1.93. The second-order valence-electron chi connectivity index (χ2n) is 6.65. The molecule has 1 aromatic rings. The summed E-state index contributed by atoms with van der Waals surface area (Å²) in [5, 5.41) is 0. The molecule has 18 heavy (non-hydrogen) atoms. The lowest BCUT2D eigenvalue weighted by Gasteiger charge is -2.36. The van der Waals surface area contributed by atoms with E-state index in [1.54, 1.807) is 0 Å². The molecule has 3 heteroatoms. The van der Waals surface area contributed by atoms with Gasteiger partial charge in [-0.2, -0.15) is 11.8 Å². The average molecular weight is 264 g/mol. The first-order valence-electron chi connectivity index (χ1n) is 7.10. The molecular weight excluding hydrogens is 240 g/mol. The number of nitrogens with zero attached hydrogens (tertiary/aromatic N) is 1. The van der Waals surface area contributed by atoms with Crippen molar-refractivity contribution in [3.05, 3.63) is 23.5 Å². The van der Waals surface area contributed by atoms with Crippen molar-refractivity contribution < 1.29 is 0 Å². The van der Waals surface area contributed by atoms with Gasteiger partial charge in [0.25, 0.3) is 0 Å². The van der Waals surface area contributed by atoms with E-state index >= 15 is 0 Å². The molecule has 2 unspecified atom stereocenters. The van der Waals surface area contributed by atoms with E-state index in [4.69, 9.17) is 5.73 Å². The topological polar surface area (TPSA) is 30.9 Å². The van der Waals surface area contributed by atoms with Gasteiger partial charge in [0.15, 0.2) is 0 Å². The minimum atomic E-state index is 0.237. The van der Waals surface area contributed by atoms with Crippen LogP contribution in [0.1, 0.15) is 56.5 Å². The van der Waals surface area contributed by atoms with Crippen LogP contribution in [-0.4, -0.2) is 16.1 Å². The van der Waals surface area contributed by atoms with E-state index in [0.29, 0.717) is 11.5 Å². The summed E-state index contributed by atoms with van der Waals surface area (Å²) in [6.07, 6.45) is 7.29. The molecule has 0 aromatic carbocycles. The molecule has 2 nitrogen and oxygen atoms in total. The highest BCUT2D eigenvalue weighted by Gasteiger charge is 2.33. The second kappa shape index (κ2) is 4.61. The van der Waals surface area contributed by atoms with Gasteiger partial charge < -0.3 is 10.3 Å². The Morgan fingerprint density at radius 3 is 3.00 bits per heavy atom. The minimum absolute atomic E-state index is 0.237. The molecule has 1 fully saturated rings. The summed E-state index contributed by atoms with van der Waals surface area (Å²) >= 11 is 2.10. The van der Waals surface area contributed by atoms with Gasteiger partial charge in [0, 0.05) is 29.7 Å². The van der Waals surface area contributed by atoms with E-state index in [1.807, 2.05) is 0 Å². The van der Waals surface area contributed by atoms with E-state index in [-0.39, 0.29) is 6.04 Å². The highest BCUT2D eigenvalue weighted by atomic mass is 32.2. The molecule has 2 atom stereocenters. The van der Waals surface area contributed by atoms with Crippen LogP contribution in [0.5, 0.6) is 0 Å². The first-order valence-corrected chi connectivity index (χ1v) is 8.25. The highest BCUT2D eigenvalue weighted by molar-refractivity contribution is 7.99. The molecule has 0 bridgehead atoms. The third kappa shape index (κ3) is 2.23. The fourth-order valence-corrected chi connectivity index (χ4v) is 4.68. The summed E-state index contributed by atoms with van der Waals surface area (Å²) in [6.45, 7) is 4.70. The molecule has 2 N–H and O–H groups in total. The molecule has 0 radical (unpaired) electrons. The Bertz CT molecular complexity index is 430. The smallest absolute Gasteiger partial charge is 0.0424 e. The predicted octanol–water partition coefficient (Wildman–Crippen LogP) is 3.53. The van der Waals surface area contributed by atoms with E-state index < -0.39 is 0 Å². The van der Waals surface area contributed by atoms with Crippen molar-refractivity contribution in [2.45, 2.75) is 51.6 Å². The van der Waals surface area contributed by atoms with Gasteiger partial charge in [-0.25, -0.2) is 0 Å². The standard InChI is InChI=1S/C15H24N2S/c1-15(2)8-13(16)12-5-6-17(14(12)9-15)11-4-3-7-18-10-11/h5-6,11,13H,3-4,7-10,16H2,1-2H3. The Morgan fingerprint density at radius 1 is 1.44 bits per heavy atom. The summed E-state index contributed by atoms with van der Waals surface area (Å²) < 4.78 is 2.54. The first kappa shape index (κ1) is 12.6. The fraction of sp³-hybridized carbons (Fsp3) is 0.733. The largest absolute Gasteiger partial charge is 0.347 e. The van der Waals surface area contributed by atoms with Gasteiger partial charge in [-0.1, -0.05) is 13.8 Å². The maximum atomic E-state index is 6.35. The van der Waals surface area contributed by atoms with Crippen LogP contribution in [0.4, 0.5) is 0 Å². The Kier molecular flexibility index (Phi) is 3.23. The summed E-state index contributed by atoms with van der Waals surface area (Å²) in [5.74, 6) is 2.61. The maximum absolute atomic E-state index is 6.35. The fourth-order valence-electron chi connectivity index (χ4n) is 3.54. The SMILES string of the molecule is CC1(C)Cc2c(ccn2C2CCCSC2)C(N)C1. The van der Waals surface area contributed by atoms with Crippen LogP contribution in [0.25, 0.3) is 0 Å². The average Bonchev–Trinajstić information content (AvgIpc) is 2.72.